The fourth-order valence-corrected chi connectivity index (χ4v) is 4.21. The number of carbonyl (C=O) groups is 3. The van der Waals surface area contributed by atoms with Crippen LogP contribution in [0, 0.1) is 17.3 Å². The van der Waals surface area contributed by atoms with Crippen molar-refractivity contribution in [3.8, 4) is 0 Å². The summed E-state index contributed by atoms with van der Waals surface area (Å²) in [6.45, 7) is 7.68. The molecule has 0 radical (unpaired) electrons. The third kappa shape index (κ3) is 2.73. The minimum absolute atomic E-state index is 0.118. The fourth-order valence-electron chi connectivity index (χ4n) is 4.21. The largest absolute Gasteiger partial charge is 0.443 e. The first-order chi connectivity index (χ1) is 13.2. The Bertz CT molecular complexity index is 995. The van der Waals surface area contributed by atoms with Gasteiger partial charge in [-0.05, 0) is 42.7 Å². The normalized spacial score (nSPS) is 22.2. The topological polar surface area (TPSA) is 63.7 Å². The lowest BCUT2D eigenvalue weighted by molar-refractivity contribution is -0.148. The van der Waals surface area contributed by atoms with E-state index in [1.807, 2.05) is 39.8 Å². The minimum Gasteiger partial charge on any atom is -0.443 e. The van der Waals surface area contributed by atoms with E-state index in [1.54, 1.807) is 24.3 Å². The van der Waals surface area contributed by atoms with Gasteiger partial charge in [-0.15, -0.1) is 0 Å². The predicted molar refractivity (Wildman–Crippen MR) is 106 cm³/mol. The zero-order valence-electron chi connectivity index (χ0n) is 16.5. The second-order valence-corrected chi connectivity index (χ2v) is 8.41. The molecule has 2 atom stereocenters. The first-order valence-electron chi connectivity index (χ1n) is 9.43. The van der Waals surface area contributed by atoms with Gasteiger partial charge >= 0.3 is 5.97 Å². The van der Waals surface area contributed by atoms with E-state index in [4.69, 9.17) is 4.74 Å². The van der Waals surface area contributed by atoms with E-state index in [0.29, 0.717) is 16.5 Å². The summed E-state index contributed by atoms with van der Waals surface area (Å²) < 4.78 is 5.42. The number of ether oxygens (including phenoxy) is 1. The molecule has 0 saturated heterocycles. The molecule has 0 unspecified atom stereocenters. The van der Waals surface area contributed by atoms with Gasteiger partial charge in [0.15, 0.2) is 6.73 Å². The molecule has 2 aromatic rings. The summed E-state index contributed by atoms with van der Waals surface area (Å²) in [6, 6.07) is 10.7. The zero-order valence-corrected chi connectivity index (χ0v) is 16.5. The van der Waals surface area contributed by atoms with Crippen molar-refractivity contribution in [3.63, 3.8) is 0 Å². The van der Waals surface area contributed by atoms with Gasteiger partial charge in [-0.2, -0.15) is 0 Å². The summed E-state index contributed by atoms with van der Waals surface area (Å²) in [5.41, 5.74) is 1.89. The van der Waals surface area contributed by atoms with E-state index < -0.39 is 11.8 Å². The van der Waals surface area contributed by atoms with Crippen LogP contribution in [0.5, 0.6) is 0 Å². The molecular weight excluding hydrogens is 354 g/mol. The lowest BCUT2D eigenvalue weighted by Crippen LogP contribution is -2.42. The minimum atomic E-state index is -0.432. The summed E-state index contributed by atoms with van der Waals surface area (Å²) in [5, 5.41) is 1.51. The van der Waals surface area contributed by atoms with Crippen LogP contribution >= 0.6 is 0 Å². The van der Waals surface area contributed by atoms with Gasteiger partial charge in [0.25, 0.3) is 11.8 Å². The zero-order chi connectivity index (χ0) is 20.2. The monoisotopic (exact) mass is 377 g/mol. The summed E-state index contributed by atoms with van der Waals surface area (Å²) in [4.78, 5) is 39.3. The Hall–Kier alpha value is -2.95. The van der Waals surface area contributed by atoms with Crippen molar-refractivity contribution in [3.05, 3.63) is 59.2 Å². The Morgan fingerprint density at radius 3 is 2.18 bits per heavy atom. The highest BCUT2D eigenvalue weighted by molar-refractivity contribution is 6.25. The van der Waals surface area contributed by atoms with Crippen LogP contribution in [0.1, 0.15) is 48.4 Å². The van der Waals surface area contributed by atoms with Crippen molar-refractivity contribution in [2.24, 2.45) is 17.3 Å². The molecule has 4 rings (SSSR count). The maximum absolute atomic E-state index is 12.9. The molecule has 2 aromatic carbocycles. The van der Waals surface area contributed by atoms with Crippen molar-refractivity contribution >= 4 is 28.6 Å². The highest BCUT2D eigenvalue weighted by atomic mass is 16.5. The molecule has 1 heterocycles. The summed E-state index contributed by atoms with van der Waals surface area (Å²) >= 11 is 0. The molecule has 5 nitrogen and oxygen atoms in total. The van der Waals surface area contributed by atoms with Crippen molar-refractivity contribution < 1.29 is 19.1 Å². The summed E-state index contributed by atoms with van der Waals surface area (Å²) in [7, 11) is 0. The molecule has 1 aliphatic heterocycles. The summed E-state index contributed by atoms with van der Waals surface area (Å²) in [5.74, 6) is -1.37. The Kier molecular flexibility index (Phi) is 4.14. The smallest absolute Gasteiger partial charge is 0.311 e. The lowest BCUT2D eigenvalue weighted by Gasteiger charge is -2.26. The van der Waals surface area contributed by atoms with Crippen LogP contribution in [-0.4, -0.2) is 29.4 Å². The molecule has 1 fully saturated rings. The van der Waals surface area contributed by atoms with Crippen LogP contribution in [0.4, 0.5) is 0 Å². The molecule has 2 aliphatic rings. The average Bonchev–Trinajstić information content (AvgIpc) is 3.18. The Labute approximate surface area is 164 Å². The molecule has 0 aromatic heterocycles. The molecule has 2 amide bonds. The van der Waals surface area contributed by atoms with Gasteiger partial charge in [0.2, 0.25) is 0 Å². The quantitative estimate of drug-likeness (QED) is 0.456. The SMILES string of the molecule is CC(C)=C[C@@H]1[C@@H](C(=O)OCN2C(=O)c3cccc4cccc(c34)C2=O)C1(C)C. The van der Waals surface area contributed by atoms with Crippen LogP contribution in [0.2, 0.25) is 0 Å². The Morgan fingerprint density at radius 2 is 1.64 bits per heavy atom. The number of allylic oxidation sites excluding steroid dienone is 2. The maximum Gasteiger partial charge on any atom is 0.311 e. The molecular formula is C23H23NO4. The standard InChI is InChI=1S/C23H23NO4/c1-13(2)11-17-19(23(17,3)4)22(27)28-12-24-20(25)15-9-5-7-14-8-6-10-16(18(14)15)21(24)26/h5-11,17,19H,12H2,1-4H3/t17-,19+/m1/s1. The van der Waals surface area contributed by atoms with Gasteiger partial charge in [0.05, 0.1) is 5.92 Å². The predicted octanol–water partition coefficient (Wildman–Crippen LogP) is 4.17. The lowest BCUT2D eigenvalue weighted by atomic mass is 9.94. The van der Waals surface area contributed by atoms with Gasteiger partial charge < -0.3 is 4.74 Å². The van der Waals surface area contributed by atoms with E-state index >= 15 is 0 Å². The van der Waals surface area contributed by atoms with Crippen LogP contribution in [-0.2, 0) is 9.53 Å². The van der Waals surface area contributed by atoms with Gasteiger partial charge in [-0.1, -0.05) is 49.8 Å². The third-order valence-electron chi connectivity index (χ3n) is 5.87. The number of carbonyl (C=O) groups excluding carboxylic acids is 3. The number of nitrogens with zero attached hydrogens (tertiary/aromatic N) is 1. The molecule has 144 valence electrons. The number of imide groups is 1. The summed E-state index contributed by atoms with van der Waals surface area (Å²) in [6.07, 6.45) is 2.08. The van der Waals surface area contributed by atoms with Gasteiger partial charge in [0, 0.05) is 16.5 Å². The first-order valence-corrected chi connectivity index (χ1v) is 9.43. The van der Waals surface area contributed by atoms with Crippen LogP contribution in [0.25, 0.3) is 10.8 Å². The second-order valence-electron chi connectivity index (χ2n) is 8.41. The molecule has 0 spiro atoms. The number of rotatable bonds is 4. The highest BCUT2D eigenvalue weighted by Gasteiger charge is 2.61. The van der Waals surface area contributed by atoms with Crippen molar-refractivity contribution in [1.29, 1.82) is 0 Å². The average molecular weight is 377 g/mol. The first kappa shape index (κ1) is 18.4. The van der Waals surface area contributed by atoms with Gasteiger partial charge in [-0.25, -0.2) is 4.90 Å². The van der Waals surface area contributed by atoms with E-state index in [2.05, 4.69) is 6.08 Å². The van der Waals surface area contributed by atoms with E-state index in [-0.39, 0.29) is 30.0 Å². The highest BCUT2D eigenvalue weighted by Crippen LogP contribution is 2.59. The van der Waals surface area contributed by atoms with Crippen molar-refractivity contribution in [2.45, 2.75) is 27.7 Å². The van der Waals surface area contributed by atoms with E-state index in [0.717, 1.165) is 15.9 Å². The Balaban J connectivity index is 1.54. The fraction of sp³-hybridized carbons (Fsp3) is 0.348. The van der Waals surface area contributed by atoms with Crippen LogP contribution in [0.3, 0.4) is 0 Å². The van der Waals surface area contributed by atoms with Crippen LogP contribution in [0.15, 0.2) is 48.0 Å². The van der Waals surface area contributed by atoms with E-state index in [1.165, 1.54) is 0 Å². The molecule has 0 bridgehead atoms. The van der Waals surface area contributed by atoms with E-state index in [9.17, 15) is 14.4 Å². The molecule has 0 N–H and O–H groups in total. The molecule has 1 saturated carbocycles. The van der Waals surface area contributed by atoms with Crippen molar-refractivity contribution in [1.82, 2.24) is 4.90 Å². The maximum atomic E-state index is 12.9. The molecule has 5 heteroatoms. The number of amides is 2. The number of esters is 1. The van der Waals surface area contributed by atoms with Gasteiger partial charge in [0.1, 0.15) is 0 Å². The van der Waals surface area contributed by atoms with Crippen LogP contribution < -0.4 is 0 Å². The molecule has 28 heavy (non-hydrogen) atoms. The number of hydrogen-bond donors (Lipinski definition) is 0. The number of benzene rings is 2. The third-order valence-corrected chi connectivity index (χ3v) is 5.87. The van der Waals surface area contributed by atoms with Gasteiger partial charge in [-0.3, -0.25) is 14.4 Å². The Morgan fingerprint density at radius 1 is 1.07 bits per heavy atom. The van der Waals surface area contributed by atoms with Crippen molar-refractivity contribution in [2.75, 3.05) is 6.73 Å². The molecule has 1 aliphatic carbocycles. The second kappa shape index (κ2) is 6.30. The number of hydrogen-bond acceptors (Lipinski definition) is 4.